The van der Waals surface area contributed by atoms with Gasteiger partial charge in [-0.05, 0) is 146 Å². The minimum atomic E-state index is -0.211. The van der Waals surface area contributed by atoms with Gasteiger partial charge in [-0.1, -0.05) is 173 Å². The summed E-state index contributed by atoms with van der Waals surface area (Å²) < 4.78 is 2.82. The predicted molar refractivity (Wildman–Crippen MR) is 292 cm³/mol. The maximum absolute atomic E-state index is 2.66. The number of rotatable bonds is 6. The summed E-state index contributed by atoms with van der Waals surface area (Å²) in [6, 6.07) is 58.6. The van der Waals surface area contributed by atoms with E-state index in [1.54, 1.807) is 0 Å². The van der Waals surface area contributed by atoms with E-state index < -0.39 is 0 Å². The van der Waals surface area contributed by atoms with E-state index in [1.807, 2.05) is 11.3 Å². The molecule has 0 radical (unpaired) electrons. The van der Waals surface area contributed by atoms with Crippen LogP contribution in [0, 0.1) is 6.92 Å². The van der Waals surface area contributed by atoms with Crippen molar-refractivity contribution in [2.45, 2.75) is 123 Å². The van der Waals surface area contributed by atoms with Crippen molar-refractivity contribution in [3.05, 3.63) is 196 Å². The molecule has 2 nitrogen and oxygen atoms in total. The first-order valence-electron chi connectivity index (χ1n) is 24.6. The lowest BCUT2D eigenvalue weighted by Gasteiger charge is -2.44. The van der Waals surface area contributed by atoms with Crippen LogP contribution in [-0.2, 0) is 27.1 Å². The Labute approximate surface area is 404 Å². The number of hydrogen-bond donors (Lipinski definition) is 0. The van der Waals surface area contributed by atoms with Crippen LogP contribution in [-0.4, -0.2) is 6.71 Å². The maximum atomic E-state index is 2.66. The first kappa shape index (κ1) is 43.7. The van der Waals surface area contributed by atoms with Crippen LogP contribution in [0.15, 0.2) is 152 Å². The first-order valence-corrected chi connectivity index (χ1v) is 25.4. The van der Waals surface area contributed by atoms with E-state index in [0.29, 0.717) is 0 Å². The molecule has 0 fully saturated rings. The average Bonchev–Trinajstić information content (AvgIpc) is 3.68. The highest BCUT2D eigenvalue weighted by Gasteiger charge is 2.47. The molecule has 0 saturated carbocycles. The molecule has 0 saturated heterocycles. The molecule has 1 aromatic heterocycles. The molecule has 2 aliphatic heterocycles. The third-order valence-corrected chi connectivity index (χ3v) is 17.5. The number of hydrogen-bond acceptors (Lipinski definition) is 3. The Hall–Kier alpha value is -5.84. The van der Waals surface area contributed by atoms with Crippen molar-refractivity contribution in [3.63, 3.8) is 0 Å². The van der Waals surface area contributed by atoms with E-state index in [1.165, 1.54) is 117 Å². The Balaban J connectivity index is 1.20. The quantitative estimate of drug-likeness (QED) is 0.154. The Morgan fingerprint density at radius 3 is 1.54 bits per heavy atom. The van der Waals surface area contributed by atoms with E-state index >= 15 is 0 Å². The lowest BCUT2D eigenvalue weighted by molar-refractivity contribution is 0.332. The molecule has 4 heteroatoms. The monoisotopic (exact) mass is 892 g/mol. The number of aryl methyl sites for hydroxylation is 1. The van der Waals surface area contributed by atoms with Crippen molar-refractivity contribution in [2.24, 2.45) is 0 Å². The summed E-state index contributed by atoms with van der Waals surface area (Å²) in [6.45, 7) is 28.6. The number of fused-ring (bicyclic) bond motifs is 7. The van der Waals surface area contributed by atoms with Gasteiger partial charge in [0.1, 0.15) is 0 Å². The highest BCUT2D eigenvalue weighted by Crippen LogP contribution is 2.53. The molecule has 0 unspecified atom stereocenters. The molecule has 336 valence electrons. The second kappa shape index (κ2) is 15.1. The van der Waals surface area contributed by atoms with Gasteiger partial charge in [0, 0.05) is 54.1 Å². The summed E-state index contributed by atoms with van der Waals surface area (Å²) in [6.07, 6.45) is 2.38. The van der Waals surface area contributed by atoms with Crippen molar-refractivity contribution in [1.82, 2.24) is 0 Å². The van der Waals surface area contributed by atoms with Gasteiger partial charge in [-0.3, -0.25) is 0 Å². The fourth-order valence-corrected chi connectivity index (χ4v) is 13.1. The Morgan fingerprint density at radius 2 is 0.970 bits per heavy atom. The van der Waals surface area contributed by atoms with Crippen LogP contribution in [0.25, 0.3) is 10.1 Å². The summed E-state index contributed by atoms with van der Waals surface area (Å²) in [5, 5.41) is 1.37. The third kappa shape index (κ3) is 6.87. The normalized spacial score (nSPS) is 16.1. The van der Waals surface area contributed by atoms with Crippen LogP contribution in [0.2, 0.25) is 0 Å². The summed E-state index contributed by atoms with van der Waals surface area (Å²) >= 11 is 2.04. The van der Waals surface area contributed by atoms with E-state index in [9.17, 15) is 0 Å². The van der Waals surface area contributed by atoms with Gasteiger partial charge in [-0.25, -0.2) is 0 Å². The summed E-state index contributed by atoms with van der Waals surface area (Å²) in [5.41, 5.74) is 21.1. The maximum Gasteiger partial charge on any atom is 0.264 e. The molecule has 0 N–H and O–H groups in total. The number of thiophene rings is 1. The smallest absolute Gasteiger partial charge is 0.264 e. The summed E-state index contributed by atoms with van der Waals surface area (Å²) in [4.78, 5) is 5.24. The lowest BCUT2D eigenvalue weighted by atomic mass is 9.36. The van der Waals surface area contributed by atoms with Crippen LogP contribution < -0.4 is 25.5 Å². The molecule has 1 aliphatic carbocycles. The third-order valence-electron chi connectivity index (χ3n) is 16.3. The van der Waals surface area contributed by atoms with Crippen LogP contribution in [0.1, 0.15) is 134 Å². The van der Waals surface area contributed by atoms with Crippen molar-refractivity contribution in [3.8, 4) is 0 Å². The van der Waals surface area contributed by atoms with Crippen LogP contribution in [0.4, 0.5) is 34.1 Å². The summed E-state index contributed by atoms with van der Waals surface area (Å²) in [5.74, 6) is 0. The van der Waals surface area contributed by atoms with E-state index in [0.717, 1.165) is 0 Å². The molecule has 67 heavy (non-hydrogen) atoms. The average molecular weight is 893 g/mol. The van der Waals surface area contributed by atoms with E-state index in [2.05, 4.69) is 245 Å². The first-order chi connectivity index (χ1) is 31.8. The Bertz CT molecular complexity index is 3220. The van der Waals surface area contributed by atoms with Gasteiger partial charge in [-0.2, -0.15) is 0 Å². The van der Waals surface area contributed by atoms with Crippen molar-refractivity contribution in [2.75, 3.05) is 9.80 Å². The highest BCUT2D eigenvalue weighted by atomic mass is 32.1. The van der Waals surface area contributed by atoms with Gasteiger partial charge < -0.3 is 9.80 Å². The fraction of sp³-hybridized carbons (Fsp3) is 0.302. The predicted octanol–water partition coefficient (Wildman–Crippen LogP) is 15.6. The molecule has 3 aliphatic rings. The zero-order valence-corrected chi connectivity index (χ0v) is 42.5. The minimum Gasteiger partial charge on any atom is -0.311 e. The zero-order chi connectivity index (χ0) is 47.0. The van der Waals surface area contributed by atoms with Gasteiger partial charge in [0.15, 0.2) is 0 Å². The van der Waals surface area contributed by atoms with E-state index in [4.69, 9.17) is 0 Å². The second-order valence-electron chi connectivity index (χ2n) is 23.4. The zero-order valence-electron chi connectivity index (χ0n) is 41.7. The van der Waals surface area contributed by atoms with Gasteiger partial charge in [0.2, 0.25) is 0 Å². The second-order valence-corrected chi connectivity index (χ2v) is 24.5. The van der Waals surface area contributed by atoms with Crippen molar-refractivity contribution >= 4 is 78.0 Å². The molecule has 0 amide bonds. The van der Waals surface area contributed by atoms with Gasteiger partial charge in [0.05, 0.1) is 5.69 Å². The van der Waals surface area contributed by atoms with E-state index in [-0.39, 0.29) is 33.8 Å². The molecule has 8 aromatic rings. The highest BCUT2D eigenvalue weighted by molar-refractivity contribution is 7.33. The van der Waals surface area contributed by atoms with Gasteiger partial charge in [0.25, 0.3) is 6.71 Å². The molecule has 0 bridgehead atoms. The molecule has 0 spiro atoms. The van der Waals surface area contributed by atoms with Gasteiger partial charge in [-0.15, -0.1) is 11.3 Å². The van der Waals surface area contributed by atoms with Crippen molar-refractivity contribution in [1.29, 1.82) is 0 Å². The minimum absolute atomic E-state index is 0.0372. The lowest BCUT2D eigenvalue weighted by Crippen LogP contribution is -2.60. The fourth-order valence-electron chi connectivity index (χ4n) is 11.8. The SMILES string of the molecule is Cc1cc2c3c(c1)N(c1ccc(C(C)(C)C)cc1)c1c(sc4cc5c(cc14)C(C)(C)CCC5(C)C)B3c1cc(C(C)(C)c3ccccc3)ccc1N2c1ccc(C(C)(C)c2ccccc2)cc1. The molecular weight excluding hydrogens is 828 g/mol. The topological polar surface area (TPSA) is 6.48 Å². The molecule has 11 rings (SSSR count). The van der Waals surface area contributed by atoms with Crippen LogP contribution in [0.3, 0.4) is 0 Å². The molecule has 0 atom stereocenters. The summed E-state index contributed by atoms with van der Waals surface area (Å²) in [7, 11) is 0. The molecule has 7 aromatic carbocycles. The number of anilines is 6. The largest absolute Gasteiger partial charge is 0.311 e. The standard InChI is InChI=1S/C63H65BN2S/c1-40-35-53-56-54(36-40)66(47-28-23-41(24-29-47)59(2,3)4)57-48-38-49-50(61(7,8)34-33-60(49,5)6)39-55(48)67-58(57)64(56)51-37-45(63(11,12)43-21-17-14-18-22-43)27-32-52(51)65(53)46-30-25-44(26-31-46)62(9,10)42-19-15-13-16-20-42/h13-32,35-39H,33-34H2,1-12H3. The van der Waals surface area contributed by atoms with Gasteiger partial charge >= 0.3 is 0 Å². The van der Waals surface area contributed by atoms with Crippen LogP contribution >= 0.6 is 11.3 Å². The Kier molecular flexibility index (Phi) is 9.84. The molecular formula is C63H65BN2S. The molecule has 3 heterocycles. The van der Waals surface area contributed by atoms with Crippen molar-refractivity contribution < 1.29 is 0 Å². The van der Waals surface area contributed by atoms with Crippen LogP contribution in [0.5, 0.6) is 0 Å². The number of nitrogens with zero attached hydrogens (tertiary/aromatic N) is 2. The number of benzene rings is 7. The Morgan fingerprint density at radius 1 is 0.493 bits per heavy atom.